The summed E-state index contributed by atoms with van der Waals surface area (Å²) in [6, 6.07) is 0.473. The Kier molecular flexibility index (Phi) is 13.2. The molecule has 2 N–H and O–H groups in total. The van der Waals surface area contributed by atoms with E-state index in [0.717, 1.165) is 7.11 Å². The minimum absolute atomic E-state index is 0. The van der Waals surface area contributed by atoms with Crippen molar-refractivity contribution < 1.29 is 72.0 Å². The Labute approximate surface area is 220 Å². The maximum absolute atomic E-state index is 13.7. The van der Waals surface area contributed by atoms with Crippen molar-refractivity contribution in [3.8, 4) is 5.88 Å². The van der Waals surface area contributed by atoms with E-state index >= 15 is 0 Å². The predicted molar refractivity (Wildman–Crippen MR) is 115 cm³/mol. The van der Waals surface area contributed by atoms with Crippen molar-refractivity contribution in [1.29, 1.82) is 0 Å². The van der Waals surface area contributed by atoms with Gasteiger partial charge >= 0.3 is 18.2 Å². The molecule has 1 amide bonds. The Hall–Kier alpha value is -2.26. The molecule has 1 aromatic heterocycles. The third-order valence-electron chi connectivity index (χ3n) is 4.47. The van der Waals surface area contributed by atoms with Gasteiger partial charge in [-0.15, -0.1) is 6.42 Å². The fourth-order valence-electron chi connectivity index (χ4n) is 2.84. The molecule has 0 spiro atoms. The quantitative estimate of drug-likeness (QED) is 0.140. The van der Waals surface area contributed by atoms with E-state index in [0.29, 0.717) is 6.07 Å². The molecule has 0 unspecified atom stereocenters. The van der Waals surface area contributed by atoms with Crippen molar-refractivity contribution in [3.63, 3.8) is 0 Å². The van der Waals surface area contributed by atoms with Crippen molar-refractivity contribution in [1.82, 2.24) is 4.98 Å². The van der Waals surface area contributed by atoms with E-state index in [4.69, 9.17) is 14.6 Å². The van der Waals surface area contributed by atoms with Gasteiger partial charge in [0.1, 0.15) is 11.2 Å². The average Bonchev–Trinajstić information content (AvgIpc) is 2.70. The van der Waals surface area contributed by atoms with Crippen LogP contribution in [-0.2, 0) is 32.4 Å². The number of hydrogen-bond donors (Lipinski definition) is 2. The molecule has 37 heavy (non-hydrogen) atoms. The third kappa shape index (κ3) is 12.2. The molecule has 1 rings (SSSR count). The predicted octanol–water partition coefficient (Wildman–Crippen LogP) is 6.42. The number of halogens is 6. The summed E-state index contributed by atoms with van der Waals surface area (Å²) in [4.78, 5) is 27.9. The molecule has 0 bridgehead atoms. The Morgan fingerprint density at radius 2 is 1.70 bits per heavy atom. The fourth-order valence-corrected chi connectivity index (χ4v) is 2.84. The molecule has 0 saturated carbocycles. The molecular formula is C22H29CoF6N2O6-. The van der Waals surface area contributed by atoms with Crippen LogP contribution < -0.4 is 10.1 Å². The van der Waals surface area contributed by atoms with Crippen molar-refractivity contribution in [3.05, 3.63) is 23.4 Å². The first kappa shape index (κ1) is 34.7. The SMILES string of the molecule is COC(=O)c1nc(O[C@H](C)CCCCC[C-](O)C(F)(F)F)c(C(F)(F)F)cc1NC(=O)OC(C)(C)C.[Co]. The molecule has 0 aliphatic carbocycles. The summed E-state index contributed by atoms with van der Waals surface area (Å²) in [5, 5.41) is 11.0. The van der Waals surface area contributed by atoms with Crippen molar-refractivity contribution >= 4 is 17.7 Å². The zero-order valence-corrected chi connectivity index (χ0v) is 21.8. The van der Waals surface area contributed by atoms with Crippen LogP contribution in [0, 0.1) is 6.10 Å². The molecular weight excluding hydrogens is 561 g/mol. The van der Waals surface area contributed by atoms with Crippen LogP contribution in [0.15, 0.2) is 6.07 Å². The standard InChI is InChI=1S/C22H29F6N2O6.Co/c1-12(9-7-6-8-10-15(31)22(26,27)28)35-17-13(21(23,24)25)11-14(16(30-17)18(32)34-5)29-19(33)36-20(2,3)4;/h11-12,31H,6-10H2,1-5H3,(H,29,33);/q-1;/t12-;/m1./s1. The average molecular weight is 590 g/mol. The Bertz CT molecular complexity index is 905. The van der Waals surface area contributed by atoms with Gasteiger partial charge in [0.2, 0.25) is 5.88 Å². The molecule has 1 radical (unpaired) electrons. The molecule has 0 saturated heterocycles. The number of carbonyl (C=O) groups excluding carboxylic acids is 2. The monoisotopic (exact) mass is 590 g/mol. The van der Waals surface area contributed by atoms with Gasteiger partial charge in [0.15, 0.2) is 5.69 Å². The number of unbranched alkanes of at least 4 members (excludes halogenated alkanes) is 2. The van der Waals surface area contributed by atoms with Crippen molar-refractivity contribution in [2.75, 3.05) is 12.4 Å². The number of hydrogen-bond acceptors (Lipinski definition) is 7. The summed E-state index contributed by atoms with van der Waals surface area (Å²) < 4.78 is 92.9. The van der Waals surface area contributed by atoms with E-state index in [1.165, 1.54) is 27.7 Å². The maximum Gasteiger partial charge on any atom is 0.421 e. The fraction of sp³-hybridized carbons (Fsp3) is 0.636. The van der Waals surface area contributed by atoms with Crippen LogP contribution in [0.2, 0.25) is 0 Å². The number of nitrogens with zero attached hydrogens (tertiary/aromatic N) is 1. The zero-order chi connectivity index (χ0) is 27.9. The van der Waals surface area contributed by atoms with Crippen LogP contribution in [0.25, 0.3) is 0 Å². The smallest absolute Gasteiger partial charge is 0.421 e. The van der Waals surface area contributed by atoms with E-state index in [9.17, 15) is 35.9 Å². The summed E-state index contributed by atoms with van der Waals surface area (Å²) in [6.45, 7) is 6.01. The maximum atomic E-state index is 13.7. The molecule has 8 nitrogen and oxygen atoms in total. The molecule has 1 heterocycles. The zero-order valence-electron chi connectivity index (χ0n) is 20.7. The van der Waals surface area contributed by atoms with Gasteiger partial charge in [0.25, 0.3) is 6.18 Å². The summed E-state index contributed by atoms with van der Waals surface area (Å²) >= 11 is 0. The molecule has 215 valence electrons. The molecule has 0 aliphatic heterocycles. The minimum atomic E-state index is -4.98. The van der Waals surface area contributed by atoms with Crippen LogP contribution in [0.1, 0.15) is 75.9 Å². The molecule has 0 aliphatic rings. The van der Waals surface area contributed by atoms with Gasteiger partial charge in [-0.05, 0) is 46.6 Å². The van der Waals surface area contributed by atoms with Crippen LogP contribution in [0.5, 0.6) is 5.88 Å². The largest absolute Gasteiger partial charge is 0.554 e. The second-order valence-electron chi connectivity index (χ2n) is 8.83. The van der Waals surface area contributed by atoms with E-state index in [1.807, 2.05) is 0 Å². The number of ether oxygens (including phenoxy) is 3. The third-order valence-corrected chi connectivity index (χ3v) is 4.47. The number of alkyl halides is 6. The number of nitrogens with one attached hydrogen (secondary N) is 1. The second kappa shape index (κ2) is 14.0. The number of esters is 1. The first-order valence-electron chi connectivity index (χ1n) is 10.8. The Balaban J connectivity index is 0.0000130. The number of aromatic nitrogens is 1. The number of rotatable bonds is 10. The van der Waals surface area contributed by atoms with E-state index in [2.05, 4.69) is 15.0 Å². The van der Waals surface area contributed by atoms with Crippen molar-refractivity contribution in [2.24, 2.45) is 0 Å². The minimum Gasteiger partial charge on any atom is -0.554 e. The van der Waals surface area contributed by atoms with E-state index in [1.54, 1.807) is 0 Å². The van der Waals surface area contributed by atoms with Gasteiger partial charge in [-0.25, -0.2) is 27.7 Å². The van der Waals surface area contributed by atoms with Gasteiger partial charge in [-0.3, -0.25) is 5.32 Å². The number of aliphatic hydroxyl groups is 1. The first-order valence-corrected chi connectivity index (χ1v) is 10.8. The summed E-state index contributed by atoms with van der Waals surface area (Å²) in [5.74, 6) is -2.08. The number of amides is 1. The number of pyridine rings is 1. The Morgan fingerprint density at radius 1 is 1.11 bits per heavy atom. The summed E-state index contributed by atoms with van der Waals surface area (Å²) in [5.41, 5.74) is -3.61. The van der Waals surface area contributed by atoms with Gasteiger partial charge < -0.3 is 19.3 Å². The number of carbonyl (C=O) groups is 2. The van der Waals surface area contributed by atoms with Gasteiger partial charge in [-0.2, -0.15) is 13.2 Å². The van der Waals surface area contributed by atoms with E-state index < -0.39 is 71.5 Å². The molecule has 1 atom stereocenters. The van der Waals surface area contributed by atoms with Crippen LogP contribution >= 0.6 is 0 Å². The molecule has 0 fully saturated rings. The van der Waals surface area contributed by atoms with Crippen LogP contribution in [0.4, 0.5) is 36.8 Å². The number of aliphatic hydroxyl groups excluding tert-OH is 1. The Morgan fingerprint density at radius 3 is 2.19 bits per heavy atom. The van der Waals surface area contributed by atoms with Crippen LogP contribution in [0.3, 0.4) is 0 Å². The summed E-state index contributed by atoms with van der Waals surface area (Å²) in [6.07, 6.45) is -13.2. The number of anilines is 1. The van der Waals surface area contributed by atoms with Gasteiger partial charge in [-0.1, -0.05) is 18.9 Å². The van der Waals surface area contributed by atoms with Gasteiger partial charge in [0.05, 0.1) is 18.9 Å². The first-order chi connectivity index (χ1) is 16.3. The topological polar surface area (TPSA) is 107 Å². The van der Waals surface area contributed by atoms with Crippen LogP contribution in [-0.4, -0.2) is 47.1 Å². The number of methoxy groups -OCH3 is 1. The van der Waals surface area contributed by atoms with Crippen molar-refractivity contribution in [2.45, 2.75) is 83.9 Å². The molecule has 15 heteroatoms. The van der Waals surface area contributed by atoms with E-state index in [-0.39, 0.29) is 42.5 Å². The second-order valence-corrected chi connectivity index (χ2v) is 8.83. The normalized spacial score (nSPS) is 13.0. The molecule has 1 aromatic rings. The molecule has 0 aromatic carbocycles. The summed E-state index contributed by atoms with van der Waals surface area (Å²) in [7, 11) is 0.968. The van der Waals surface area contributed by atoms with Gasteiger partial charge in [0, 0.05) is 16.8 Å².